The van der Waals surface area contributed by atoms with E-state index in [1.165, 1.54) is 9.80 Å². The highest BCUT2D eigenvalue weighted by Crippen LogP contribution is 2.52. The van der Waals surface area contributed by atoms with Gasteiger partial charge in [-0.25, -0.2) is 0 Å². The predicted octanol–water partition coefficient (Wildman–Crippen LogP) is 5.39. The Bertz CT molecular complexity index is 1970. The van der Waals surface area contributed by atoms with Crippen molar-refractivity contribution in [3.63, 3.8) is 0 Å². The molecule has 208 valence electrons. The highest BCUT2D eigenvalue weighted by atomic mass is 16.2. The smallest absolute Gasteiger partial charge is 0.261 e. The van der Waals surface area contributed by atoms with Gasteiger partial charge in [-0.2, -0.15) is 0 Å². The Balaban J connectivity index is 1.58. The zero-order valence-corrected chi connectivity index (χ0v) is 23.5. The Morgan fingerprint density at radius 1 is 0.452 bits per heavy atom. The van der Waals surface area contributed by atoms with Crippen LogP contribution in [0.15, 0.2) is 36.4 Å². The van der Waals surface area contributed by atoms with Crippen molar-refractivity contribution in [3.05, 3.63) is 58.7 Å². The molecule has 5 aromatic carbocycles. The van der Waals surface area contributed by atoms with Gasteiger partial charge in [-0.3, -0.25) is 29.0 Å². The normalized spacial score (nSPS) is 18.9. The molecule has 5 aromatic rings. The van der Waals surface area contributed by atoms with Gasteiger partial charge in [-0.05, 0) is 60.7 Å². The third-order valence-corrected chi connectivity index (χ3v) is 10.1. The molecule has 8 nitrogen and oxygen atoms in total. The van der Waals surface area contributed by atoms with Gasteiger partial charge in [-0.15, -0.1) is 0 Å². The Morgan fingerprint density at radius 3 is 1.19 bits per heavy atom. The number of carbonyl (C=O) groups is 4. The van der Waals surface area contributed by atoms with Crippen molar-refractivity contribution in [1.29, 1.82) is 0 Å². The average molecular weight is 557 g/mol. The van der Waals surface area contributed by atoms with E-state index in [0.29, 0.717) is 33.0 Å². The third kappa shape index (κ3) is 2.73. The number of rotatable bonds is 2. The summed E-state index contributed by atoms with van der Waals surface area (Å²) in [4.78, 5) is 61.3. The van der Waals surface area contributed by atoms with Crippen molar-refractivity contribution in [2.24, 2.45) is 0 Å². The number of benzene rings is 5. The summed E-state index contributed by atoms with van der Waals surface area (Å²) in [7, 11) is 3.10. The van der Waals surface area contributed by atoms with Crippen LogP contribution >= 0.6 is 0 Å². The van der Waals surface area contributed by atoms with Gasteiger partial charge >= 0.3 is 0 Å². The first-order valence-corrected chi connectivity index (χ1v) is 14.8. The number of amides is 4. The molecular weight excluding hydrogens is 528 g/mol. The van der Waals surface area contributed by atoms with Crippen LogP contribution in [0.4, 0.5) is 11.4 Å². The molecule has 0 aliphatic carbocycles. The van der Waals surface area contributed by atoms with Gasteiger partial charge in [-0.1, -0.05) is 12.1 Å². The second-order valence-electron chi connectivity index (χ2n) is 12.2. The van der Waals surface area contributed by atoms with Gasteiger partial charge in [0.2, 0.25) is 0 Å². The SMILES string of the molecule is CN1C(=O)c2ccc3c4c(N5CCCC5)cc5c6c(ccc(c7c(N8CCCC8)cc(c2c37)C1=O)c64)C(=O)N(C)C5=O. The molecule has 2 saturated heterocycles. The van der Waals surface area contributed by atoms with Gasteiger partial charge in [0.15, 0.2) is 0 Å². The van der Waals surface area contributed by atoms with Gasteiger partial charge < -0.3 is 9.80 Å². The molecule has 0 bridgehead atoms. The molecular formula is C34H28N4O4. The number of hydrogen-bond acceptors (Lipinski definition) is 6. The van der Waals surface area contributed by atoms with E-state index in [-0.39, 0.29) is 23.6 Å². The molecule has 4 aliphatic rings. The second kappa shape index (κ2) is 7.97. The molecule has 0 aromatic heterocycles. The maximum Gasteiger partial charge on any atom is 0.261 e. The van der Waals surface area contributed by atoms with Crippen LogP contribution in [0.25, 0.3) is 43.1 Å². The first-order valence-electron chi connectivity index (χ1n) is 14.8. The summed E-state index contributed by atoms with van der Waals surface area (Å²) in [5.74, 6) is -1.17. The fraction of sp³-hybridized carbons (Fsp3) is 0.294. The van der Waals surface area contributed by atoms with Crippen LogP contribution < -0.4 is 9.80 Å². The topological polar surface area (TPSA) is 81.2 Å². The van der Waals surface area contributed by atoms with E-state index in [0.717, 1.165) is 95.6 Å². The quantitative estimate of drug-likeness (QED) is 0.165. The molecule has 42 heavy (non-hydrogen) atoms. The maximum absolute atomic E-state index is 13.7. The summed E-state index contributed by atoms with van der Waals surface area (Å²) in [6, 6.07) is 11.7. The van der Waals surface area contributed by atoms with Crippen LogP contribution in [0.3, 0.4) is 0 Å². The average Bonchev–Trinajstić information content (AvgIpc) is 3.74. The highest BCUT2D eigenvalue weighted by molar-refractivity contribution is 6.44. The molecule has 0 atom stereocenters. The van der Waals surface area contributed by atoms with Gasteiger partial charge in [0.1, 0.15) is 0 Å². The molecule has 9 rings (SSSR count). The molecule has 2 fully saturated rings. The lowest BCUT2D eigenvalue weighted by molar-refractivity contribution is 0.0635. The van der Waals surface area contributed by atoms with E-state index >= 15 is 0 Å². The number of imide groups is 2. The van der Waals surface area contributed by atoms with Crippen LogP contribution in [-0.2, 0) is 0 Å². The largest absolute Gasteiger partial charge is 0.371 e. The zero-order chi connectivity index (χ0) is 28.6. The number of hydrogen-bond donors (Lipinski definition) is 0. The van der Waals surface area contributed by atoms with Crippen LogP contribution in [0.1, 0.15) is 67.1 Å². The van der Waals surface area contributed by atoms with Crippen molar-refractivity contribution in [2.75, 3.05) is 50.1 Å². The monoisotopic (exact) mass is 556 g/mol. The van der Waals surface area contributed by atoms with Crippen molar-refractivity contribution < 1.29 is 19.2 Å². The zero-order valence-electron chi connectivity index (χ0n) is 23.5. The van der Waals surface area contributed by atoms with Gasteiger partial charge in [0.25, 0.3) is 23.6 Å². The summed E-state index contributed by atoms with van der Waals surface area (Å²) in [6.45, 7) is 3.52. The van der Waals surface area contributed by atoms with Crippen LogP contribution in [-0.4, -0.2) is 73.7 Å². The van der Waals surface area contributed by atoms with Crippen molar-refractivity contribution in [2.45, 2.75) is 25.7 Å². The summed E-state index contributed by atoms with van der Waals surface area (Å²) in [6.07, 6.45) is 4.26. The number of fused-ring (bicyclic) bond motifs is 2. The Morgan fingerprint density at radius 2 is 0.810 bits per heavy atom. The maximum atomic E-state index is 13.7. The van der Waals surface area contributed by atoms with Crippen molar-refractivity contribution in [1.82, 2.24) is 9.80 Å². The van der Waals surface area contributed by atoms with Crippen LogP contribution in [0.5, 0.6) is 0 Å². The molecule has 0 N–H and O–H groups in total. The molecule has 4 amide bonds. The van der Waals surface area contributed by atoms with E-state index in [1.807, 2.05) is 36.4 Å². The second-order valence-corrected chi connectivity index (χ2v) is 12.2. The summed E-state index contributed by atoms with van der Waals surface area (Å²) in [5, 5.41) is 7.13. The van der Waals surface area contributed by atoms with E-state index in [2.05, 4.69) is 9.80 Å². The van der Waals surface area contributed by atoms with E-state index in [9.17, 15) is 19.2 Å². The van der Waals surface area contributed by atoms with E-state index in [1.54, 1.807) is 14.1 Å². The number of carbonyl (C=O) groups excluding carboxylic acids is 4. The van der Waals surface area contributed by atoms with Gasteiger partial charge in [0.05, 0.1) is 11.1 Å². The van der Waals surface area contributed by atoms with Crippen molar-refractivity contribution >= 4 is 78.1 Å². The highest BCUT2D eigenvalue weighted by Gasteiger charge is 2.37. The molecule has 0 radical (unpaired) electrons. The van der Waals surface area contributed by atoms with E-state index in [4.69, 9.17) is 0 Å². The minimum atomic E-state index is -0.297. The number of nitrogens with zero attached hydrogens (tertiary/aromatic N) is 4. The lowest BCUT2D eigenvalue weighted by atomic mass is 9.80. The third-order valence-electron chi connectivity index (χ3n) is 10.1. The fourth-order valence-corrected chi connectivity index (χ4v) is 8.08. The van der Waals surface area contributed by atoms with Gasteiger partial charge in [0, 0.05) is 95.1 Å². The van der Waals surface area contributed by atoms with Crippen molar-refractivity contribution in [3.8, 4) is 0 Å². The van der Waals surface area contributed by atoms with Crippen LogP contribution in [0, 0.1) is 0 Å². The minimum Gasteiger partial charge on any atom is -0.371 e. The first-order chi connectivity index (χ1) is 20.4. The fourth-order valence-electron chi connectivity index (χ4n) is 8.08. The Hall–Kier alpha value is -4.72. The molecule has 8 heteroatoms. The summed E-state index contributed by atoms with van der Waals surface area (Å²) >= 11 is 0. The summed E-state index contributed by atoms with van der Waals surface area (Å²) < 4.78 is 0. The standard InChI is InChI=1S/C34H28N4O4/c1-35-31(39)19-9-7-17-28-24(38-13-5-6-14-38)16-22-26-20(32(40)36(2)34(22)42)10-8-18(30(26)28)27-23(37-11-3-4-12-37)15-21(33(35)41)25(19)29(17)27/h7-10,15-16H,3-6,11-14H2,1-2H3. The molecule has 4 heterocycles. The summed E-state index contributed by atoms with van der Waals surface area (Å²) in [5.41, 5.74) is 4.12. The first kappa shape index (κ1) is 23.9. The Kier molecular flexibility index (Phi) is 4.54. The number of anilines is 2. The van der Waals surface area contributed by atoms with E-state index < -0.39 is 0 Å². The predicted molar refractivity (Wildman–Crippen MR) is 163 cm³/mol. The molecule has 0 saturated carbocycles. The Labute approximate surface area is 241 Å². The molecule has 0 spiro atoms. The lowest BCUT2D eigenvalue weighted by Gasteiger charge is -2.32. The molecule has 4 aliphatic heterocycles. The minimum absolute atomic E-state index is 0.285. The lowest BCUT2D eigenvalue weighted by Crippen LogP contribution is -2.37. The van der Waals surface area contributed by atoms with Crippen LogP contribution in [0.2, 0.25) is 0 Å². The molecule has 0 unspecified atom stereocenters.